The largest absolute Gasteiger partial charge is 0.461 e. The van der Waals surface area contributed by atoms with Crippen LogP contribution < -0.4 is 10.2 Å². The van der Waals surface area contributed by atoms with Crippen LogP contribution >= 0.6 is 0 Å². The number of piperidine rings is 1. The van der Waals surface area contributed by atoms with E-state index in [2.05, 4.69) is 43.5 Å². The lowest BCUT2D eigenvalue weighted by Crippen LogP contribution is -2.41. The molecule has 0 saturated carbocycles. The number of carbonyl (C=O) groups excluding carboxylic acids is 2. The normalized spacial score (nSPS) is 17.6. The van der Waals surface area contributed by atoms with E-state index in [0.717, 1.165) is 87.6 Å². The molecule has 1 amide bonds. The third-order valence-electron chi connectivity index (χ3n) is 7.89. The number of imidazole rings is 1. The fraction of sp³-hybridized carbons (Fsp3) is 0.552. The van der Waals surface area contributed by atoms with Crippen LogP contribution in [0.2, 0.25) is 0 Å². The number of hydrogen-bond acceptors (Lipinski definition) is 8. The van der Waals surface area contributed by atoms with E-state index in [1.54, 1.807) is 30.6 Å². The molecule has 2 aliphatic heterocycles. The van der Waals surface area contributed by atoms with Crippen molar-refractivity contribution < 1.29 is 14.3 Å². The molecular weight excluding hydrogens is 494 g/mol. The fourth-order valence-electron chi connectivity index (χ4n) is 5.56. The molecule has 0 unspecified atom stereocenters. The number of esters is 1. The first-order chi connectivity index (χ1) is 19.1. The Morgan fingerprint density at radius 3 is 2.67 bits per heavy atom. The van der Waals surface area contributed by atoms with E-state index in [1.165, 1.54) is 6.42 Å². The number of carbonyl (C=O) groups is 2. The summed E-state index contributed by atoms with van der Waals surface area (Å²) in [5, 5.41) is 3.03. The predicted molar refractivity (Wildman–Crippen MR) is 151 cm³/mol. The first-order valence-electron chi connectivity index (χ1n) is 14.3. The number of likely N-dealkylation sites (N-methyl/N-ethyl adjacent to an activating group) is 1. The summed E-state index contributed by atoms with van der Waals surface area (Å²) in [7, 11) is 0. The molecule has 208 valence electrons. The highest BCUT2D eigenvalue weighted by atomic mass is 16.5. The molecule has 1 fully saturated rings. The summed E-state index contributed by atoms with van der Waals surface area (Å²) in [5.74, 6) is 1.36. The molecule has 2 aromatic heterocycles. The van der Waals surface area contributed by atoms with E-state index in [9.17, 15) is 9.59 Å². The standard InChI is InChI=1S/C29H39N7O3/c1-3-34(4-2)17-18-39-29(38)21-11-13-23(14-12-21)32-28(37)22-9-8-15-35(19-22)26-25-27(31-20-30-26)36-16-7-5-6-10-24(36)33-25/h11-14,20,22H,3-10,15-19H2,1-2H3,(H,32,37)/t22-/m0/s1. The van der Waals surface area contributed by atoms with Crippen LogP contribution in [-0.2, 0) is 22.5 Å². The van der Waals surface area contributed by atoms with Gasteiger partial charge in [0, 0.05) is 38.3 Å². The lowest BCUT2D eigenvalue weighted by atomic mass is 9.97. The Bertz CT molecular complexity index is 1290. The third kappa shape index (κ3) is 6.21. The Labute approximate surface area is 229 Å². The number of amides is 1. The van der Waals surface area contributed by atoms with Gasteiger partial charge in [0.15, 0.2) is 17.0 Å². The van der Waals surface area contributed by atoms with Crippen molar-refractivity contribution in [3.63, 3.8) is 0 Å². The number of aromatic nitrogens is 4. The molecule has 2 aliphatic rings. The molecular formula is C29H39N7O3. The number of nitrogens with zero attached hydrogens (tertiary/aromatic N) is 6. The second-order valence-corrected chi connectivity index (χ2v) is 10.4. The van der Waals surface area contributed by atoms with Gasteiger partial charge in [-0.05, 0) is 63.0 Å². The zero-order valence-electron chi connectivity index (χ0n) is 23.1. The van der Waals surface area contributed by atoms with Gasteiger partial charge in [0.05, 0.1) is 11.5 Å². The van der Waals surface area contributed by atoms with Gasteiger partial charge in [-0.15, -0.1) is 0 Å². The Morgan fingerprint density at radius 2 is 1.87 bits per heavy atom. The van der Waals surface area contributed by atoms with E-state index in [4.69, 9.17) is 9.72 Å². The maximum absolute atomic E-state index is 13.2. The van der Waals surface area contributed by atoms with Crippen LogP contribution in [0.1, 0.15) is 62.1 Å². The molecule has 0 radical (unpaired) electrons. The van der Waals surface area contributed by atoms with Gasteiger partial charge >= 0.3 is 5.97 Å². The number of anilines is 2. The minimum absolute atomic E-state index is 0.0276. The van der Waals surface area contributed by atoms with E-state index in [0.29, 0.717) is 24.4 Å². The summed E-state index contributed by atoms with van der Waals surface area (Å²) in [4.78, 5) is 44.1. The van der Waals surface area contributed by atoms with Crippen molar-refractivity contribution in [1.29, 1.82) is 0 Å². The van der Waals surface area contributed by atoms with Gasteiger partial charge in [0.25, 0.3) is 0 Å². The number of hydrogen-bond donors (Lipinski definition) is 1. The number of rotatable bonds is 9. The minimum atomic E-state index is -0.351. The number of fused-ring (bicyclic) bond motifs is 3. The van der Waals surface area contributed by atoms with E-state index in [-0.39, 0.29) is 17.8 Å². The molecule has 0 bridgehead atoms. The van der Waals surface area contributed by atoms with Crippen LogP contribution in [0.3, 0.4) is 0 Å². The summed E-state index contributed by atoms with van der Waals surface area (Å²) in [5.41, 5.74) is 2.88. The van der Waals surface area contributed by atoms with Crippen LogP contribution in [0.15, 0.2) is 30.6 Å². The second-order valence-electron chi connectivity index (χ2n) is 10.4. The molecule has 0 aliphatic carbocycles. The Balaban J connectivity index is 1.20. The van der Waals surface area contributed by atoms with Crippen molar-refractivity contribution in [3.05, 3.63) is 42.0 Å². The third-order valence-corrected chi connectivity index (χ3v) is 7.89. The lowest BCUT2D eigenvalue weighted by Gasteiger charge is -2.32. The van der Waals surface area contributed by atoms with E-state index < -0.39 is 0 Å². The summed E-state index contributed by atoms with van der Waals surface area (Å²) in [6, 6.07) is 6.91. The van der Waals surface area contributed by atoms with Gasteiger partial charge in [-0.25, -0.2) is 19.7 Å². The molecule has 0 spiro atoms. The summed E-state index contributed by atoms with van der Waals surface area (Å²) < 4.78 is 7.65. The average molecular weight is 534 g/mol. The van der Waals surface area contributed by atoms with E-state index >= 15 is 0 Å². The highest BCUT2D eigenvalue weighted by molar-refractivity contribution is 5.95. The molecule has 39 heavy (non-hydrogen) atoms. The number of ether oxygens (including phenoxy) is 1. The van der Waals surface area contributed by atoms with Gasteiger partial charge in [-0.1, -0.05) is 20.3 Å². The van der Waals surface area contributed by atoms with Crippen LogP contribution in [0.5, 0.6) is 0 Å². The highest BCUT2D eigenvalue weighted by Gasteiger charge is 2.29. The molecule has 1 aromatic carbocycles. The van der Waals surface area contributed by atoms with Gasteiger partial charge in [0.2, 0.25) is 5.91 Å². The summed E-state index contributed by atoms with van der Waals surface area (Å²) in [6.45, 7) is 9.47. The second kappa shape index (κ2) is 12.5. The SMILES string of the molecule is CCN(CC)CCOC(=O)c1ccc(NC(=O)[C@H]2CCCN(c3ncnc4c3nc3n4CCCCC3)C2)cc1. The van der Waals surface area contributed by atoms with Crippen molar-refractivity contribution in [1.82, 2.24) is 24.4 Å². The fourth-order valence-corrected chi connectivity index (χ4v) is 5.56. The molecule has 1 saturated heterocycles. The first kappa shape index (κ1) is 27.1. The smallest absolute Gasteiger partial charge is 0.338 e. The number of nitrogens with one attached hydrogen (secondary N) is 1. The highest BCUT2D eigenvalue weighted by Crippen LogP contribution is 2.30. The molecule has 10 nitrogen and oxygen atoms in total. The molecule has 4 heterocycles. The van der Waals surface area contributed by atoms with Gasteiger partial charge in [-0.2, -0.15) is 0 Å². The lowest BCUT2D eigenvalue weighted by molar-refractivity contribution is -0.120. The van der Waals surface area contributed by atoms with Crippen LogP contribution in [-0.4, -0.2) is 75.6 Å². The summed E-state index contributed by atoms with van der Waals surface area (Å²) >= 11 is 0. The molecule has 10 heteroatoms. The average Bonchev–Trinajstić information content (AvgIpc) is 3.16. The summed E-state index contributed by atoms with van der Waals surface area (Å²) in [6.07, 6.45) is 7.81. The monoisotopic (exact) mass is 533 g/mol. The molecule has 3 aromatic rings. The quantitative estimate of drug-likeness (QED) is 0.413. The van der Waals surface area contributed by atoms with Crippen LogP contribution in [0.25, 0.3) is 11.2 Å². The molecule has 5 rings (SSSR count). The maximum Gasteiger partial charge on any atom is 0.338 e. The molecule has 1 N–H and O–H groups in total. The van der Waals surface area contributed by atoms with Crippen molar-refractivity contribution in [2.24, 2.45) is 5.92 Å². The van der Waals surface area contributed by atoms with Crippen molar-refractivity contribution >= 4 is 34.5 Å². The topological polar surface area (TPSA) is 105 Å². The Hall–Kier alpha value is -3.53. The van der Waals surface area contributed by atoms with Crippen LogP contribution in [0, 0.1) is 5.92 Å². The van der Waals surface area contributed by atoms with Gasteiger partial charge in [0.1, 0.15) is 18.8 Å². The van der Waals surface area contributed by atoms with E-state index in [1.807, 2.05) is 0 Å². The zero-order chi connectivity index (χ0) is 27.2. The molecule has 1 atom stereocenters. The first-order valence-corrected chi connectivity index (χ1v) is 14.3. The van der Waals surface area contributed by atoms with Gasteiger partial charge < -0.3 is 24.4 Å². The minimum Gasteiger partial charge on any atom is -0.461 e. The van der Waals surface area contributed by atoms with Crippen molar-refractivity contribution in [2.75, 3.05) is 49.5 Å². The Kier molecular flexibility index (Phi) is 8.71. The zero-order valence-corrected chi connectivity index (χ0v) is 23.1. The predicted octanol–water partition coefficient (Wildman–Crippen LogP) is 3.91. The Morgan fingerprint density at radius 1 is 1.05 bits per heavy atom. The van der Waals surface area contributed by atoms with Crippen LogP contribution in [0.4, 0.5) is 11.5 Å². The van der Waals surface area contributed by atoms with Crippen molar-refractivity contribution in [3.8, 4) is 0 Å². The van der Waals surface area contributed by atoms with Gasteiger partial charge in [-0.3, -0.25) is 4.79 Å². The van der Waals surface area contributed by atoms with Crippen molar-refractivity contribution in [2.45, 2.75) is 58.9 Å². The maximum atomic E-state index is 13.2. The number of benzene rings is 1. The number of aryl methyl sites for hydroxylation is 2.